The number of carbonyl (C=O) groups is 1. The third-order valence-corrected chi connectivity index (χ3v) is 3.58. The molecule has 1 aromatic carbocycles. The Bertz CT molecular complexity index is 559. The van der Waals surface area contributed by atoms with Crippen LogP contribution in [-0.2, 0) is 0 Å². The Balaban J connectivity index is 2.20. The van der Waals surface area contributed by atoms with Crippen LogP contribution in [0.3, 0.4) is 0 Å². The lowest BCUT2D eigenvalue weighted by molar-refractivity contribution is 0.0635. The van der Waals surface area contributed by atoms with Gasteiger partial charge >= 0.3 is 0 Å². The molecule has 1 aliphatic heterocycles. The van der Waals surface area contributed by atoms with E-state index in [4.69, 9.17) is 5.11 Å². The van der Waals surface area contributed by atoms with Gasteiger partial charge in [0.1, 0.15) is 12.4 Å². The van der Waals surface area contributed by atoms with Crippen LogP contribution < -0.4 is 0 Å². The van der Waals surface area contributed by atoms with Gasteiger partial charge < -0.3 is 10.0 Å². The van der Waals surface area contributed by atoms with Gasteiger partial charge in [0.2, 0.25) is 0 Å². The number of hydrogen-bond donors (Lipinski definition) is 1. The SMILES string of the molecule is CC1CCCCN1C(=O)c1ccc(C#CCO)c(F)c1. The van der Waals surface area contributed by atoms with Gasteiger partial charge in [-0.25, -0.2) is 4.39 Å². The molecule has 1 heterocycles. The van der Waals surface area contributed by atoms with Crippen LogP contribution in [0.25, 0.3) is 0 Å². The van der Waals surface area contributed by atoms with Crippen molar-refractivity contribution in [3.8, 4) is 11.8 Å². The first-order valence-electron chi connectivity index (χ1n) is 6.83. The molecule has 1 aliphatic rings. The molecule has 2 rings (SSSR count). The van der Waals surface area contributed by atoms with Crippen molar-refractivity contribution in [2.45, 2.75) is 32.2 Å². The molecule has 4 heteroatoms. The average molecular weight is 275 g/mol. The second-order valence-electron chi connectivity index (χ2n) is 5.00. The number of nitrogens with zero attached hydrogens (tertiary/aromatic N) is 1. The molecule has 1 unspecified atom stereocenters. The summed E-state index contributed by atoms with van der Waals surface area (Å²) in [5, 5.41) is 8.60. The van der Waals surface area contributed by atoms with E-state index in [0.717, 1.165) is 25.8 Å². The van der Waals surface area contributed by atoms with Gasteiger partial charge in [-0.2, -0.15) is 0 Å². The zero-order valence-corrected chi connectivity index (χ0v) is 11.5. The molecule has 1 amide bonds. The molecule has 0 saturated carbocycles. The number of aliphatic hydroxyl groups excluding tert-OH is 1. The van der Waals surface area contributed by atoms with E-state index in [1.807, 2.05) is 6.92 Å². The van der Waals surface area contributed by atoms with E-state index >= 15 is 0 Å². The lowest BCUT2D eigenvalue weighted by atomic mass is 10.0. The van der Waals surface area contributed by atoms with Crippen LogP contribution >= 0.6 is 0 Å². The fraction of sp³-hybridized carbons (Fsp3) is 0.438. The summed E-state index contributed by atoms with van der Waals surface area (Å²) in [5.41, 5.74) is 0.549. The van der Waals surface area contributed by atoms with Crippen LogP contribution in [0.5, 0.6) is 0 Å². The van der Waals surface area contributed by atoms with Crippen LogP contribution in [0, 0.1) is 17.7 Å². The first-order valence-corrected chi connectivity index (χ1v) is 6.83. The van der Waals surface area contributed by atoms with E-state index in [9.17, 15) is 9.18 Å². The molecular weight excluding hydrogens is 257 g/mol. The van der Waals surface area contributed by atoms with E-state index in [-0.39, 0.29) is 24.1 Å². The first-order chi connectivity index (χ1) is 9.63. The molecule has 1 saturated heterocycles. The summed E-state index contributed by atoms with van der Waals surface area (Å²) in [6.07, 6.45) is 3.13. The van der Waals surface area contributed by atoms with E-state index in [2.05, 4.69) is 11.8 Å². The number of likely N-dealkylation sites (tertiary alicyclic amines) is 1. The van der Waals surface area contributed by atoms with Crippen LogP contribution in [0.4, 0.5) is 4.39 Å². The molecule has 0 aromatic heterocycles. The Hall–Kier alpha value is -1.86. The number of carbonyl (C=O) groups excluding carboxylic acids is 1. The van der Waals surface area contributed by atoms with E-state index in [0.29, 0.717) is 5.56 Å². The Morgan fingerprint density at radius 2 is 2.30 bits per heavy atom. The quantitative estimate of drug-likeness (QED) is 0.798. The fourth-order valence-electron chi connectivity index (χ4n) is 2.45. The minimum absolute atomic E-state index is 0.127. The molecule has 0 radical (unpaired) electrons. The van der Waals surface area contributed by atoms with Gasteiger partial charge in [-0.3, -0.25) is 4.79 Å². The number of rotatable bonds is 1. The first kappa shape index (κ1) is 14.5. The molecule has 0 spiro atoms. The largest absolute Gasteiger partial charge is 0.384 e. The van der Waals surface area contributed by atoms with Gasteiger partial charge in [0, 0.05) is 18.2 Å². The Morgan fingerprint density at radius 3 is 2.95 bits per heavy atom. The van der Waals surface area contributed by atoms with Gasteiger partial charge in [0.15, 0.2) is 0 Å². The molecule has 106 valence electrons. The maximum atomic E-state index is 13.8. The summed E-state index contributed by atoms with van der Waals surface area (Å²) < 4.78 is 13.8. The summed E-state index contributed by atoms with van der Waals surface area (Å²) in [5.74, 6) is 4.26. The molecule has 1 aromatic rings. The Kier molecular flexibility index (Phi) is 4.75. The topological polar surface area (TPSA) is 40.5 Å². The molecule has 1 fully saturated rings. The van der Waals surface area contributed by atoms with E-state index in [1.165, 1.54) is 12.1 Å². The summed E-state index contributed by atoms with van der Waals surface area (Å²) in [6.45, 7) is 2.44. The smallest absolute Gasteiger partial charge is 0.254 e. The summed E-state index contributed by atoms with van der Waals surface area (Å²) >= 11 is 0. The number of amides is 1. The van der Waals surface area contributed by atoms with Crippen molar-refractivity contribution in [3.05, 3.63) is 35.1 Å². The summed E-state index contributed by atoms with van der Waals surface area (Å²) in [7, 11) is 0. The second kappa shape index (κ2) is 6.53. The van der Waals surface area contributed by atoms with Crippen LogP contribution in [-0.4, -0.2) is 35.1 Å². The van der Waals surface area contributed by atoms with Crippen molar-refractivity contribution < 1.29 is 14.3 Å². The van der Waals surface area contributed by atoms with Crippen molar-refractivity contribution in [1.82, 2.24) is 4.90 Å². The third-order valence-electron chi connectivity index (χ3n) is 3.58. The highest BCUT2D eigenvalue weighted by Gasteiger charge is 2.24. The van der Waals surface area contributed by atoms with Crippen LogP contribution in [0.15, 0.2) is 18.2 Å². The van der Waals surface area contributed by atoms with Crippen molar-refractivity contribution in [3.63, 3.8) is 0 Å². The van der Waals surface area contributed by atoms with Gasteiger partial charge in [-0.1, -0.05) is 11.8 Å². The van der Waals surface area contributed by atoms with Crippen molar-refractivity contribution in [2.24, 2.45) is 0 Å². The highest BCUT2D eigenvalue weighted by Crippen LogP contribution is 2.20. The molecule has 0 aliphatic carbocycles. The predicted octanol–water partition coefficient (Wildman–Crippen LogP) is 2.18. The van der Waals surface area contributed by atoms with Crippen molar-refractivity contribution in [1.29, 1.82) is 0 Å². The molecule has 1 N–H and O–H groups in total. The molecule has 1 atom stereocenters. The summed E-state index contributed by atoms with van der Waals surface area (Å²) in [4.78, 5) is 14.2. The maximum Gasteiger partial charge on any atom is 0.254 e. The van der Waals surface area contributed by atoms with E-state index < -0.39 is 5.82 Å². The number of halogens is 1. The van der Waals surface area contributed by atoms with E-state index in [1.54, 1.807) is 11.0 Å². The predicted molar refractivity (Wildman–Crippen MR) is 74.7 cm³/mol. The van der Waals surface area contributed by atoms with Crippen LogP contribution in [0.1, 0.15) is 42.1 Å². The van der Waals surface area contributed by atoms with Gasteiger partial charge in [0.05, 0.1) is 5.56 Å². The Labute approximate surface area is 118 Å². The maximum absolute atomic E-state index is 13.8. The fourth-order valence-corrected chi connectivity index (χ4v) is 2.45. The van der Waals surface area contributed by atoms with Gasteiger partial charge in [-0.15, -0.1) is 0 Å². The standard InChI is InChI=1S/C16H18FNO2/c1-12-5-2-3-9-18(12)16(20)14-8-7-13(6-4-10-19)15(17)11-14/h7-8,11-12,19H,2-3,5,9-10H2,1H3. The zero-order chi connectivity index (χ0) is 14.5. The lowest BCUT2D eigenvalue weighted by Gasteiger charge is -2.33. The molecular formula is C16H18FNO2. The summed E-state index contributed by atoms with van der Waals surface area (Å²) in [6, 6.07) is 4.51. The van der Waals surface area contributed by atoms with Crippen molar-refractivity contribution in [2.75, 3.05) is 13.2 Å². The monoisotopic (exact) mass is 275 g/mol. The van der Waals surface area contributed by atoms with Gasteiger partial charge in [0.25, 0.3) is 5.91 Å². The number of hydrogen-bond acceptors (Lipinski definition) is 2. The van der Waals surface area contributed by atoms with Crippen molar-refractivity contribution >= 4 is 5.91 Å². The number of benzene rings is 1. The molecule has 0 bridgehead atoms. The zero-order valence-electron chi connectivity index (χ0n) is 11.5. The average Bonchev–Trinajstić information content (AvgIpc) is 2.46. The highest BCUT2D eigenvalue weighted by molar-refractivity contribution is 5.94. The Morgan fingerprint density at radius 1 is 1.50 bits per heavy atom. The minimum Gasteiger partial charge on any atom is -0.384 e. The minimum atomic E-state index is -0.526. The highest BCUT2D eigenvalue weighted by atomic mass is 19.1. The van der Waals surface area contributed by atoms with Gasteiger partial charge in [-0.05, 0) is 44.4 Å². The molecule has 20 heavy (non-hydrogen) atoms. The number of piperidine rings is 1. The third kappa shape index (κ3) is 3.17. The number of aliphatic hydroxyl groups is 1. The lowest BCUT2D eigenvalue weighted by Crippen LogP contribution is -2.42. The molecule has 3 nitrogen and oxygen atoms in total. The van der Waals surface area contributed by atoms with Crippen LogP contribution in [0.2, 0.25) is 0 Å². The second-order valence-corrected chi connectivity index (χ2v) is 5.00. The normalized spacial score (nSPS) is 18.4.